The molecule has 5 nitrogen and oxygen atoms in total. The molecule has 0 atom stereocenters. The molecule has 0 radical (unpaired) electrons. The van der Waals surface area contributed by atoms with E-state index in [1.807, 2.05) is 0 Å². The Bertz CT molecular complexity index is 621. The third-order valence-electron chi connectivity index (χ3n) is 2.84. The third kappa shape index (κ3) is 7.48. The molecule has 0 aliphatic rings. The molecule has 1 rings (SSSR count). The number of carbonyl (C=O) groups excluding carboxylic acids is 1. The lowest BCUT2D eigenvalue weighted by molar-refractivity contribution is -0.274. The Balaban J connectivity index is 2.69. The summed E-state index contributed by atoms with van der Waals surface area (Å²) in [6.07, 6.45) is -1.73. The fraction of sp³-hybridized carbons (Fsp3) is 0.250. The molecule has 0 saturated heterocycles. The van der Waals surface area contributed by atoms with E-state index in [4.69, 9.17) is 5.11 Å². The Morgan fingerprint density at radius 2 is 1.88 bits per heavy atom. The maximum absolute atomic E-state index is 12.1. The van der Waals surface area contributed by atoms with Gasteiger partial charge in [-0.05, 0) is 42.7 Å². The van der Waals surface area contributed by atoms with E-state index < -0.39 is 12.3 Å². The van der Waals surface area contributed by atoms with Crippen LogP contribution in [0.25, 0.3) is 6.08 Å². The van der Waals surface area contributed by atoms with Gasteiger partial charge in [-0.25, -0.2) is 4.79 Å². The molecular weight excluding hydrogens is 327 g/mol. The van der Waals surface area contributed by atoms with Gasteiger partial charge >= 0.3 is 12.3 Å². The minimum Gasteiger partial charge on any atom is -0.478 e. The average Bonchev–Trinajstić information content (AvgIpc) is 2.50. The van der Waals surface area contributed by atoms with Gasteiger partial charge in [0.25, 0.3) is 0 Å². The molecule has 0 aromatic heterocycles. The number of ether oxygens (including phenoxy) is 1. The summed E-state index contributed by atoms with van der Waals surface area (Å²) >= 11 is 0. The molecular formula is C16H16F3NO4. The number of halogens is 3. The standard InChI is InChI=1S/C16H16F3NO4/c1-2-14(21)20-9-3-4-12(15(22)23)10-11-5-7-13(8-6-11)24-16(17,18)19/h2,5-8,10H,1,3-4,9H2,(H,20,21)(H,22,23)/b12-10+. The van der Waals surface area contributed by atoms with Crippen molar-refractivity contribution < 1.29 is 32.6 Å². The summed E-state index contributed by atoms with van der Waals surface area (Å²) in [6.45, 7) is 3.58. The number of alkyl halides is 3. The molecule has 0 bridgehead atoms. The van der Waals surface area contributed by atoms with E-state index in [0.29, 0.717) is 12.0 Å². The lowest BCUT2D eigenvalue weighted by Crippen LogP contribution is -2.22. The van der Waals surface area contributed by atoms with Crippen LogP contribution in [-0.4, -0.2) is 29.9 Å². The highest BCUT2D eigenvalue weighted by atomic mass is 19.4. The first-order chi connectivity index (χ1) is 11.2. The van der Waals surface area contributed by atoms with E-state index in [1.165, 1.54) is 18.2 Å². The predicted octanol–water partition coefficient (Wildman–Crippen LogP) is 3.14. The number of benzene rings is 1. The first kappa shape index (κ1) is 19.3. The highest BCUT2D eigenvalue weighted by molar-refractivity contribution is 5.92. The lowest BCUT2D eigenvalue weighted by Gasteiger charge is -2.09. The fourth-order valence-corrected chi connectivity index (χ4v) is 1.77. The minimum absolute atomic E-state index is 0.0762. The predicted molar refractivity (Wildman–Crippen MR) is 81.2 cm³/mol. The zero-order valence-corrected chi connectivity index (χ0v) is 12.6. The van der Waals surface area contributed by atoms with Crippen LogP contribution in [0.4, 0.5) is 13.2 Å². The largest absolute Gasteiger partial charge is 0.573 e. The van der Waals surface area contributed by atoms with Crippen molar-refractivity contribution in [2.75, 3.05) is 6.54 Å². The second-order valence-electron chi connectivity index (χ2n) is 4.69. The van der Waals surface area contributed by atoms with Gasteiger partial charge in [-0.2, -0.15) is 0 Å². The number of carboxylic acid groups (broad SMARTS) is 1. The van der Waals surface area contributed by atoms with Crippen LogP contribution in [-0.2, 0) is 9.59 Å². The Hall–Kier alpha value is -2.77. The molecule has 130 valence electrons. The summed E-state index contributed by atoms with van der Waals surface area (Å²) in [5.74, 6) is -1.87. The smallest absolute Gasteiger partial charge is 0.478 e. The van der Waals surface area contributed by atoms with Crippen LogP contribution >= 0.6 is 0 Å². The SMILES string of the molecule is C=CC(=O)NCCC/C(=C\c1ccc(OC(F)(F)F)cc1)C(=O)O. The topological polar surface area (TPSA) is 75.6 Å². The van der Waals surface area contributed by atoms with Crippen molar-refractivity contribution in [2.45, 2.75) is 19.2 Å². The quantitative estimate of drug-likeness (QED) is 0.562. The maximum Gasteiger partial charge on any atom is 0.573 e. The molecule has 0 heterocycles. The molecule has 24 heavy (non-hydrogen) atoms. The Labute approximate surface area is 136 Å². The highest BCUT2D eigenvalue weighted by Crippen LogP contribution is 2.23. The second kappa shape index (κ2) is 8.76. The van der Waals surface area contributed by atoms with Crippen molar-refractivity contribution in [3.05, 3.63) is 48.1 Å². The van der Waals surface area contributed by atoms with Gasteiger partial charge in [0.2, 0.25) is 5.91 Å². The number of carbonyl (C=O) groups is 2. The van der Waals surface area contributed by atoms with Crippen LogP contribution in [0.2, 0.25) is 0 Å². The summed E-state index contributed by atoms with van der Waals surface area (Å²) in [5, 5.41) is 11.7. The van der Waals surface area contributed by atoms with E-state index in [2.05, 4.69) is 16.6 Å². The first-order valence-corrected chi connectivity index (χ1v) is 6.91. The molecule has 1 amide bonds. The van der Waals surface area contributed by atoms with Crippen LogP contribution in [0.1, 0.15) is 18.4 Å². The van der Waals surface area contributed by atoms with Crippen molar-refractivity contribution in [3.8, 4) is 5.75 Å². The van der Waals surface area contributed by atoms with Crippen molar-refractivity contribution in [1.82, 2.24) is 5.32 Å². The van der Waals surface area contributed by atoms with Gasteiger partial charge in [-0.15, -0.1) is 13.2 Å². The third-order valence-corrected chi connectivity index (χ3v) is 2.84. The van der Waals surface area contributed by atoms with E-state index in [-0.39, 0.29) is 30.2 Å². The number of carboxylic acids is 1. The molecule has 1 aromatic rings. The first-order valence-electron chi connectivity index (χ1n) is 6.91. The molecule has 0 fully saturated rings. The average molecular weight is 343 g/mol. The van der Waals surface area contributed by atoms with Crippen LogP contribution in [0.3, 0.4) is 0 Å². The van der Waals surface area contributed by atoms with Crippen LogP contribution in [0.15, 0.2) is 42.5 Å². The number of hydrogen-bond donors (Lipinski definition) is 2. The number of nitrogens with one attached hydrogen (secondary N) is 1. The lowest BCUT2D eigenvalue weighted by atomic mass is 10.1. The van der Waals surface area contributed by atoms with Crippen LogP contribution < -0.4 is 10.1 Å². The minimum atomic E-state index is -4.78. The van der Waals surface area contributed by atoms with Gasteiger partial charge in [0.05, 0.1) is 0 Å². The van der Waals surface area contributed by atoms with Crippen LogP contribution in [0.5, 0.6) is 5.75 Å². The molecule has 2 N–H and O–H groups in total. The Kier molecular flexibility index (Phi) is 7.03. The fourth-order valence-electron chi connectivity index (χ4n) is 1.77. The van der Waals surface area contributed by atoms with Crippen LogP contribution in [0, 0.1) is 0 Å². The van der Waals surface area contributed by atoms with Gasteiger partial charge in [-0.1, -0.05) is 18.7 Å². The van der Waals surface area contributed by atoms with Crippen molar-refractivity contribution in [1.29, 1.82) is 0 Å². The summed E-state index contributed by atoms with van der Waals surface area (Å²) in [5.41, 5.74) is 0.504. The number of aliphatic carboxylic acids is 1. The zero-order valence-electron chi connectivity index (χ0n) is 12.6. The van der Waals surface area contributed by atoms with Gasteiger partial charge in [-0.3, -0.25) is 4.79 Å². The van der Waals surface area contributed by atoms with E-state index in [1.54, 1.807) is 0 Å². The monoisotopic (exact) mass is 343 g/mol. The normalized spacial score (nSPS) is 11.7. The molecule has 8 heteroatoms. The van der Waals surface area contributed by atoms with E-state index in [0.717, 1.165) is 18.2 Å². The maximum atomic E-state index is 12.1. The zero-order chi connectivity index (χ0) is 18.2. The Morgan fingerprint density at radius 3 is 2.38 bits per heavy atom. The van der Waals surface area contributed by atoms with Crippen molar-refractivity contribution >= 4 is 18.0 Å². The molecule has 0 unspecified atom stereocenters. The molecule has 0 spiro atoms. The molecule has 0 saturated carbocycles. The Morgan fingerprint density at radius 1 is 1.25 bits per heavy atom. The summed E-state index contributed by atoms with van der Waals surface area (Å²) in [4.78, 5) is 22.2. The summed E-state index contributed by atoms with van der Waals surface area (Å²) in [7, 11) is 0. The highest BCUT2D eigenvalue weighted by Gasteiger charge is 2.30. The van der Waals surface area contributed by atoms with Crippen molar-refractivity contribution in [2.24, 2.45) is 0 Å². The second-order valence-corrected chi connectivity index (χ2v) is 4.69. The summed E-state index contributed by atoms with van der Waals surface area (Å²) in [6, 6.07) is 4.85. The van der Waals surface area contributed by atoms with Gasteiger partial charge in [0, 0.05) is 12.1 Å². The van der Waals surface area contributed by atoms with Crippen molar-refractivity contribution in [3.63, 3.8) is 0 Å². The van der Waals surface area contributed by atoms with Gasteiger partial charge < -0.3 is 15.2 Å². The number of rotatable bonds is 8. The molecule has 0 aliphatic carbocycles. The van der Waals surface area contributed by atoms with E-state index >= 15 is 0 Å². The molecule has 1 aromatic carbocycles. The number of amides is 1. The van der Waals surface area contributed by atoms with Gasteiger partial charge in [0.15, 0.2) is 0 Å². The molecule has 0 aliphatic heterocycles. The van der Waals surface area contributed by atoms with E-state index in [9.17, 15) is 22.8 Å². The number of hydrogen-bond acceptors (Lipinski definition) is 3. The van der Waals surface area contributed by atoms with Gasteiger partial charge in [0.1, 0.15) is 5.75 Å². The summed E-state index contributed by atoms with van der Waals surface area (Å²) < 4.78 is 39.9.